The van der Waals surface area contributed by atoms with Gasteiger partial charge in [-0.05, 0) is 87.2 Å². The van der Waals surface area contributed by atoms with E-state index >= 15 is 0 Å². The minimum atomic E-state index is -0.281. The van der Waals surface area contributed by atoms with Gasteiger partial charge in [-0.2, -0.15) is 0 Å². The molecule has 0 aliphatic carbocycles. The maximum Gasteiger partial charge on any atom is 0.165 e. The number of aliphatic imine (C=N–C) groups is 1. The molecule has 6 rings (SSSR count). The zero-order valence-electron chi connectivity index (χ0n) is 22.5. The maximum atomic E-state index is 6.49. The summed E-state index contributed by atoms with van der Waals surface area (Å²) >= 11 is 0. The third-order valence-corrected chi connectivity index (χ3v) is 7.21. The SMILES string of the molecule is CC1(C)Cc2c(cc(OCCc3ccccn3)c3c2CC(C)(C)O3)C(c2cccc(-c3ccncc3)c2)=N1. The van der Waals surface area contributed by atoms with Crippen LogP contribution in [0.2, 0.25) is 0 Å². The molecule has 0 fully saturated rings. The molecule has 192 valence electrons. The van der Waals surface area contributed by atoms with Gasteiger partial charge in [-0.15, -0.1) is 0 Å². The van der Waals surface area contributed by atoms with Gasteiger partial charge in [0.15, 0.2) is 11.5 Å². The average Bonchev–Trinajstić information content (AvgIpc) is 3.25. The molecule has 38 heavy (non-hydrogen) atoms. The first-order chi connectivity index (χ1) is 18.3. The van der Waals surface area contributed by atoms with Gasteiger partial charge in [-0.1, -0.05) is 24.3 Å². The van der Waals surface area contributed by atoms with E-state index in [0.29, 0.717) is 6.61 Å². The molecule has 2 aromatic carbocycles. The van der Waals surface area contributed by atoms with E-state index in [1.165, 1.54) is 11.1 Å². The summed E-state index contributed by atoms with van der Waals surface area (Å²) in [6, 6.07) is 20.8. The van der Waals surface area contributed by atoms with Gasteiger partial charge in [0, 0.05) is 53.8 Å². The van der Waals surface area contributed by atoms with Crippen LogP contribution in [0.3, 0.4) is 0 Å². The highest BCUT2D eigenvalue weighted by Gasteiger charge is 2.39. The first kappa shape index (κ1) is 24.4. The second-order valence-electron chi connectivity index (χ2n) is 11.4. The van der Waals surface area contributed by atoms with E-state index in [9.17, 15) is 0 Å². The highest BCUT2D eigenvalue weighted by atomic mass is 16.5. The van der Waals surface area contributed by atoms with Crippen LogP contribution in [0.4, 0.5) is 0 Å². The van der Waals surface area contributed by atoms with Gasteiger partial charge in [0.25, 0.3) is 0 Å². The predicted octanol–water partition coefficient (Wildman–Crippen LogP) is 6.65. The Morgan fingerprint density at radius 1 is 0.816 bits per heavy atom. The molecule has 0 radical (unpaired) electrons. The van der Waals surface area contributed by atoms with Crippen LogP contribution in [0, 0.1) is 0 Å². The Morgan fingerprint density at radius 2 is 1.63 bits per heavy atom. The van der Waals surface area contributed by atoms with Crippen molar-refractivity contribution < 1.29 is 9.47 Å². The van der Waals surface area contributed by atoms with Gasteiger partial charge in [0.1, 0.15) is 5.60 Å². The summed E-state index contributed by atoms with van der Waals surface area (Å²) in [5.74, 6) is 1.68. The Kier molecular flexibility index (Phi) is 6.02. The minimum Gasteiger partial charge on any atom is -0.489 e. The number of aromatic nitrogens is 2. The molecule has 0 unspecified atom stereocenters. The Balaban J connectivity index is 1.43. The van der Waals surface area contributed by atoms with E-state index in [0.717, 1.165) is 64.4 Å². The van der Waals surface area contributed by atoms with Crippen molar-refractivity contribution in [2.45, 2.75) is 58.1 Å². The van der Waals surface area contributed by atoms with Crippen molar-refractivity contribution in [1.29, 1.82) is 0 Å². The normalized spacial score (nSPS) is 16.7. The molecule has 4 heterocycles. The third kappa shape index (κ3) is 4.81. The zero-order chi connectivity index (χ0) is 26.3. The van der Waals surface area contributed by atoms with Crippen LogP contribution in [-0.2, 0) is 19.3 Å². The number of benzene rings is 2. The summed E-state index contributed by atoms with van der Waals surface area (Å²) in [6.07, 6.45) is 7.94. The molecule has 2 aromatic heterocycles. The average molecular weight is 504 g/mol. The summed E-state index contributed by atoms with van der Waals surface area (Å²) in [7, 11) is 0. The van der Waals surface area contributed by atoms with Crippen LogP contribution >= 0.6 is 0 Å². The van der Waals surface area contributed by atoms with Crippen molar-refractivity contribution in [2.75, 3.05) is 6.61 Å². The minimum absolute atomic E-state index is 0.225. The molecule has 5 heteroatoms. The number of hydrogen-bond donors (Lipinski definition) is 0. The lowest BCUT2D eigenvalue weighted by Gasteiger charge is -2.31. The molecule has 0 saturated carbocycles. The quantitative estimate of drug-likeness (QED) is 0.296. The Bertz CT molecular complexity index is 1510. The van der Waals surface area contributed by atoms with Gasteiger partial charge in [-0.3, -0.25) is 15.0 Å². The summed E-state index contributed by atoms with van der Waals surface area (Å²) < 4.78 is 12.9. The van der Waals surface area contributed by atoms with E-state index < -0.39 is 0 Å². The van der Waals surface area contributed by atoms with Gasteiger partial charge in [0.2, 0.25) is 0 Å². The molecule has 0 bridgehead atoms. The summed E-state index contributed by atoms with van der Waals surface area (Å²) in [5, 5.41) is 0. The van der Waals surface area contributed by atoms with Crippen LogP contribution in [-0.4, -0.2) is 33.4 Å². The van der Waals surface area contributed by atoms with E-state index in [2.05, 4.69) is 68.0 Å². The first-order valence-corrected chi connectivity index (χ1v) is 13.3. The first-order valence-electron chi connectivity index (χ1n) is 13.3. The zero-order valence-corrected chi connectivity index (χ0v) is 22.5. The molecule has 0 spiro atoms. The summed E-state index contributed by atoms with van der Waals surface area (Å²) in [5.41, 5.74) is 8.63. The number of rotatable bonds is 6. The molecule has 0 atom stereocenters. The Morgan fingerprint density at radius 3 is 2.42 bits per heavy atom. The van der Waals surface area contributed by atoms with E-state index in [4.69, 9.17) is 14.5 Å². The second-order valence-corrected chi connectivity index (χ2v) is 11.4. The molecule has 4 aromatic rings. The van der Waals surface area contributed by atoms with Crippen molar-refractivity contribution in [1.82, 2.24) is 9.97 Å². The molecular formula is C33H33N3O2. The fourth-order valence-corrected chi connectivity index (χ4v) is 5.55. The predicted molar refractivity (Wildman–Crippen MR) is 151 cm³/mol. The van der Waals surface area contributed by atoms with Crippen LogP contribution < -0.4 is 9.47 Å². The number of ether oxygens (including phenoxy) is 2. The lowest BCUT2D eigenvalue weighted by Crippen LogP contribution is -2.30. The van der Waals surface area contributed by atoms with Crippen molar-refractivity contribution in [3.05, 3.63) is 107 Å². The fraction of sp³-hybridized carbons (Fsp3) is 0.303. The number of pyridine rings is 2. The Labute approximate surface area is 224 Å². The van der Waals surface area contributed by atoms with Crippen molar-refractivity contribution in [2.24, 2.45) is 4.99 Å². The number of hydrogen-bond acceptors (Lipinski definition) is 5. The highest BCUT2D eigenvalue weighted by Crippen LogP contribution is 2.48. The topological polar surface area (TPSA) is 56.6 Å². The van der Waals surface area contributed by atoms with Gasteiger partial charge in [0.05, 0.1) is 17.9 Å². The van der Waals surface area contributed by atoms with Crippen molar-refractivity contribution >= 4 is 5.71 Å². The molecular weight excluding hydrogens is 470 g/mol. The number of nitrogens with zero attached hydrogens (tertiary/aromatic N) is 3. The van der Waals surface area contributed by atoms with Crippen LogP contribution in [0.1, 0.15) is 55.6 Å². The van der Waals surface area contributed by atoms with Crippen LogP contribution in [0.5, 0.6) is 11.5 Å². The summed E-state index contributed by atoms with van der Waals surface area (Å²) in [6.45, 7) is 9.26. The molecule has 0 N–H and O–H groups in total. The summed E-state index contributed by atoms with van der Waals surface area (Å²) in [4.78, 5) is 13.9. The van der Waals surface area contributed by atoms with E-state index in [-0.39, 0.29) is 11.1 Å². The lowest BCUT2D eigenvalue weighted by atomic mass is 9.80. The monoisotopic (exact) mass is 503 g/mol. The highest BCUT2D eigenvalue weighted by molar-refractivity contribution is 6.15. The van der Waals surface area contributed by atoms with Crippen molar-refractivity contribution in [3.63, 3.8) is 0 Å². The smallest absolute Gasteiger partial charge is 0.165 e. The molecule has 5 nitrogen and oxygen atoms in total. The van der Waals surface area contributed by atoms with Crippen molar-refractivity contribution in [3.8, 4) is 22.6 Å². The fourth-order valence-electron chi connectivity index (χ4n) is 5.55. The molecule has 2 aliphatic rings. The van der Waals surface area contributed by atoms with E-state index in [1.807, 2.05) is 48.9 Å². The molecule has 2 aliphatic heterocycles. The third-order valence-electron chi connectivity index (χ3n) is 7.21. The lowest BCUT2D eigenvalue weighted by molar-refractivity contribution is 0.132. The Hall–Kier alpha value is -3.99. The number of fused-ring (bicyclic) bond motifs is 3. The maximum absolute atomic E-state index is 6.49. The largest absolute Gasteiger partial charge is 0.489 e. The van der Waals surface area contributed by atoms with Crippen LogP contribution in [0.25, 0.3) is 11.1 Å². The van der Waals surface area contributed by atoms with Gasteiger partial charge >= 0.3 is 0 Å². The second kappa shape index (κ2) is 9.39. The molecule has 0 amide bonds. The van der Waals surface area contributed by atoms with Gasteiger partial charge < -0.3 is 9.47 Å². The van der Waals surface area contributed by atoms with Gasteiger partial charge in [-0.25, -0.2) is 0 Å². The van der Waals surface area contributed by atoms with E-state index in [1.54, 1.807) is 0 Å². The standard InChI is InChI=1S/C33H33N3O2/c1-32(2)20-27-26(30(36-32)24-9-7-8-23(18-24)22-11-15-34-16-12-22)19-29(31-28(27)21-33(3,4)38-31)37-17-13-25-10-5-6-14-35-25/h5-12,14-16,18-19H,13,17,20-21H2,1-4H3. The van der Waals surface area contributed by atoms with Crippen LogP contribution in [0.15, 0.2) is 84.2 Å². The molecule has 0 saturated heterocycles.